The van der Waals surface area contributed by atoms with Crippen molar-refractivity contribution >= 4 is 11.9 Å². The van der Waals surface area contributed by atoms with Crippen molar-refractivity contribution in [2.45, 2.75) is 269 Å². The van der Waals surface area contributed by atoms with Crippen molar-refractivity contribution in [2.75, 3.05) is 33.0 Å². The third kappa shape index (κ3) is 22.4. The van der Waals surface area contributed by atoms with Crippen LogP contribution in [0.3, 0.4) is 0 Å². The standard InChI is InChI=1S/C40H68O8.C30H46O6/c1-11-44-38-31(9)39(43)47-33(35(38)42)23-45-34(41)24-46-36-28(6)29(7)37-32(30(36)8)20-22-40(10,48-37)21-14-19-27(5)18-13-17-26(4)16-12-15-25(2)3;1-8-34-28-23(5)29(33)36-25(27(28)32)19-35-26(31)17-15-21(3)12-9-11-20(2)14-16-24-22(4)13-10-18-30(24,6)7/h25-27,31,33,35,38-39,42-43H,11-24H2,1-10H3;9,11-12,14-16,23,25,27-29,32-33H,8,10,13,17-19H2,1-7H3/b;12-9+,16-14+,20-11+,21-15+/t26-,27-,31?,33?,35+,38+,39?,40-;23?,25?,27-,28-,29?/m01/s1. The molecule has 3 aliphatic heterocycles. The molecule has 1 aromatic carbocycles. The Labute approximate surface area is 507 Å². The molecule has 1 aliphatic carbocycles. The van der Waals surface area contributed by atoms with E-state index in [-0.39, 0.29) is 43.2 Å². The highest BCUT2D eigenvalue weighted by atomic mass is 16.7. The molecule has 6 unspecified atom stereocenters. The minimum atomic E-state index is -1.12. The number of hydrogen-bond acceptors (Lipinski definition) is 14. The van der Waals surface area contributed by atoms with Gasteiger partial charge in [-0.1, -0.05) is 154 Å². The molecule has 4 N–H and O–H groups in total. The number of esters is 2. The molecular formula is C70H114O14. The fourth-order valence-electron chi connectivity index (χ4n) is 12.3. The van der Waals surface area contributed by atoms with Crippen LogP contribution in [0.4, 0.5) is 0 Å². The van der Waals surface area contributed by atoms with E-state index in [4.69, 9.17) is 37.9 Å². The molecule has 13 atom stereocenters. The summed E-state index contributed by atoms with van der Waals surface area (Å²) in [5, 5.41) is 41.5. The molecule has 3 heterocycles. The van der Waals surface area contributed by atoms with Crippen molar-refractivity contribution in [3.05, 3.63) is 81.0 Å². The Hall–Kier alpha value is -3.86. The van der Waals surface area contributed by atoms with Crippen molar-refractivity contribution in [1.82, 2.24) is 0 Å². The predicted molar refractivity (Wildman–Crippen MR) is 334 cm³/mol. The van der Waals surface area contributed by atoms with Gasteiger partial charge in [-0.2, -0.15) is 0 Å². The molecule has 478 valence electrons. The maximum atomic E-state index is 12.7. The van der Waals surface area contributed by atoms with Crippen LogP contribution in [-0.2, 0) is 44.4 Å². The average Bonchev–Trinajstić information content (AvgIpc) is 3.13. The first-order valence-corrected chi connectivity index (χ1v) is 32.0. The number of aliphatic hydroxyl groups is 4. The van der Waals surface area contributed by atoms with Gasteiger partial charge in [-0.15, -0.1) is 0 Å². The van der Waals surface area contributed by atoms with E-state index < -0.39 is 67.1 Å². The number of carbonyl (C=O) groups is 2. The van der Waals surface area contributed by atoms with Gasteiger partial charge in [-0.05, 0) is 153 Å². The van der Waals surface area contributed by atoms with Gasteiger partial charge in [0.2, 0.25) is 0 Å². The number of aliphatic hydroxyl groups excluding tert-OH is 4. The Bertz CT molecular complexity index is 2360. The number of ether oxygens (including phenoxy) is 8. The van der Waals surface area contributed by atoms with E-state index in [1.54, 1.807) is 19.9 Å². The van der Waals surface area contributed by atoms with Crippen LogP contribution in [0, 0.1) is 55.8 Å². The summed E-state index contributed by atoms with van der Waals surface area (Å²) < 4.78 is 45.6. The number of carbonyl (C=O) groups excluding carboxylic acids is 2. The van der Waals surface area contributed by atoms with Gasteiger partial charge in [0.05, 0.1) is 18.6 Å². The Morgan fingerprint density at radius 3 is 1.79 bits per heavy atom. The molecule has 4 aliphatic rings. The molecule has 0 radical (unpaired) electrons. The lowest BCUT2D eigenvalue weighted by Gasteiger charge is -2.41. The summed E-state index contributed by atoms with van der Waals surface area (Å²) in [5.41, 5.74) is 9.23. The summed E-state index contributed by atoms with van der Waals surface area (Å²) in [4.78, 5) is 24.9. The monoisotopic (exact) mass is 1180 g/mol. The van der Waals surface area contributed by atoms with Crippen molar-refractivity contribution in [3.8, 4) is 11.5 Å². The number of benzene rings is 1. The summed E-state index contributed by atoms with van der Waals surface area (Å²) in [6.45, 7) is 36.1. The van der Waals surface area contributed by atoms with Crippen LogP contribution in [0.2, 0.25) is 0 Å². The van der Waals surface area contributed by atoms with E-state index in [0.717, 1.165) is 76.2 Å². The zero-order chi connectivity index (χ0) is 62.5. The summed E-state index contributed by atoms with van der Waals surface area (Å²) in [7, 11) is 0. The fraction of sp³-hybridized carbons (Fsp3) is 0.743. The van der Waals surface area contributed by atoms with E-state index in [9.17, 15) is 30.0 Å². The Morgan fingerprint density at radius 2 is 1.24 bits per heavy atom. The second kappa shape index (κ2) is 35.2. The van der Waals surface area contributed by atoms with Gasteiger partial charge in [-0.25, -0.2) is 4.79 Å². The summed E-state index contributed by atoms with van der Waals surface area (Å²) in [6, 6.07) is 0. The molecule has 0 saturated carbocycles. The topological polar surface area (TPSA) is 189 Å². The zero-order valence-electron chi connectivity index (χ0n) is 55.0. The molecule has 5 rings (SSSR count). The average molecular weight is 1180 g/mol. The molecule has 14 nitrogen and oxygen atoms in total. The lowest BCUT2D eigenvalue weighted by Crippen LogP contribution is -2.56. The first kappa shape index (κ1) is 72.6. The lowest BCUT2D eigenvalue weighted by molar-refractivity contribution is -0.275. The second-order valence-electron chi connectivity index (χ2n) is 26.4. The van der Waals surface area contributed by atoms with E-state index in [0.29, 0.717) is 19.0 Å². The largest absolute Gasteiger partial charge is 0.487 e. The molecule has 14 heteroatoms. The predicted octanol–water partition coefficient (Wildman–Crippen LogP) is 13.7. The first-order valence-electron chi connectivity index (χ1n) is 32.0. The van der Waals surface area contributed by atoms with E-state index in [2.05, 4.69) is 87.5 Å². The third-order valence-electron chi connectivity index (χ3n) is 18.1. The van der Waals surface area contributed by atoms with Crippen molar-refractivity contribution in [3.63, 3.8) is 0 Å². The highest BCUT2D eigenvalue weighted by molar-refractivity contribution is 5.72. The summed E-state index contributed by atoms with van der Waals surface area (Å²) in [5.74, 6) is 2.27. The number of allylic oxidation sites excluding steroid dienone is 9. The maximum absolute atomic E-state index is 12.7. The molecule has 0 amide bonds. The van der Waals surface area contributed by atoms with Crippen LogP contribution in [0.15, 0.2) is 58.7 Å². The normalized spacial score (nSPS) is 28.2. The minimum absolute atomic E-state index is 0.109. The molecule has 2 fully saturated rings. The molecular weight excluding hydrogens is 1060 g/mol. The fourth-order valence-corrected chi connectivity index (χ4v) is 12.3. The third-order valence-corrected chi connectivity index (χ3v) is 18.1. The van der Waals surface area contributed by atoms with Gasteiger partial charge >= 0.3 is 11.9 Å². The van der Waals surface area contributed by atoms with E-state index in [1.807, 2.05) is 46.8 Å². The number of rotatable bonds is 29. The molecule has 84 heavy (non-hydrogen) atoms. The van der Waals surface area contributed by atoms with Crippen molar-refractivity contribution < 1.29 is 67.9 Å². The quantitative estimate of drug-likeness (QED) is 0.0438. The van der Waals surface area contributed by atoms with Crippen LogP contribution < -0.4 is 9.47 Å². The molecule has 0 aromatic heterocycles. The lowest BCUT2D eigenvalue weighted by atomic mass is 9.72. The highest BCUT2D eigenvalue weighted by Gasteiger charge is 2.45. The molecule has 0 bridgehead atoms. The van der Waals surface area contributed by atoms with Gasteiger partial charge in [0.15, 0.2) is 19.2 Å². The Balaban J connectivity index is 0.000000376. The van der Waals surface area contributed by atoms with E-state index >= 15 is 0 Å². The van der Waals surface area contributed by atoms with Gasteiger partial charge in [-0.3, -0.25) is 4.79 Å². The summed E-state index contributed by atoms with van der Waals surface area (Å²) in [6.07, 6.45) is 22.3. The minimum Gasteiger partial charge on any atom is -0.487 e. The van der Waals surface area contributed by atoms with Crippen LogP contribution >= 0.6 is 0 Å². The number of hydrogen-bond donors (Lipinski definition) is 4. The highest BCUT2D eigenvalue weighted by Crippen LogP contribution is 2.46. The van der Waals surface area contributed by atoms with Crippen LogP contribution in [0.1, 0.15) is 209 Å². The maximum Gasteiger partial charge on any atom is 0.344 e. The molecule has 0 spiro atoms. The number of fused-ring (bicyclic) bond motifs is 1. The first-order chi connectivity index (χ1) is 39.6. The Morgan fingerprint density at radius 1 is 0.690 bits per heavy atom. The van der Waals surface area contributed by atoms with Crippen LogP contribution in [-0.4, -0.2) is 120 Å². The van der Waals surface area contributed by atoms with Crippen molar-refractivity contribution in [1.29, 1.82) is 0 Å². The van der Waals surface area contributed by atoms with Gasteiger partial charge in [0, 0.05) is 30.6 Å². The van der Waals surface area contributed by atoms with Gasteiger partial charge in [0.25, 0.3) is 0 Å². The molecule has 1 aromatic rings. The molecule has 2 saturated heterocycles. The van der Waals surface area contributed by atoms with Crippen molar-refractivity contribution in [2.24, 2.45) is 35.0 Å². The van der Waals surface area contributed by atoms with Crippen LogP contribution in [0.25, 0.3) is 0 Å². The SMILES string of the molecule is CCO[C@@H]1C(C)C(O)OC(COC(=O)C/C=C(C)/C=C/C=C(C)/C=C/C2=C(C)CCCC2(C)C)[C@H]1O.CCO[C@@H]1C(C)C(O)OC(COC(=O)COc2c(C)c(C)c3c(c2C)CC[C@](C)(CCC[C@@H](C)CCC[C@@H](C)CCCC(C)C)O3)[C@H]1O. The van der Waals surface area contributed by atoms with E-state index in [1.165, 1.54) is 81.8 Å². The summed E-state index contributed by atoms with van der Waals surface area (Å²) >= 11 is 0. The van der Waals surface area contributed by atoms with Gasteiger partial charge in [0.1, 0.15) is 54.7 Å². The zero-order valence-corrected chi connectivity index (χ0v) is 55.0. The van der Waals surface area contributed by atoms with Crippen LogP contribution in [0.5, 0.6) is 11.5 Å². The van der Waals surface area contributed by atoms with Gasteiger partial charge < -0.3 is 58.3 Å². The Kier molecular flexibility index (Phi) is 30.4. The smallest absolute Gasteiger partial charge is 0.344 e. The second-order valence-corrected chi connectivity index (χ2v) is 26.4.